The molecule has 3 N–H and O–H groups in total. The predicted octanol–water partition coefficient (Wildman–Crippen LogP) is 2.80. The van der Waals surface area contributed by atoms with Gasteiger partial charge in [-0.3, -0.25) is 4.79 Å². The highest BCUT2D eigenvalue weighted by Crippen LogP contribution is 2.20. The molecule has 0 aliphatic carbocycles. The number of benzene rings is 2. The third-order valence-electron chi connectivity index (χ3n) is 3.86. The minimum atomic E-state index is -0.116. The van der Waals surface area contributed by atoms with Gasteiger partial charge in [-0.2, -0.15) is 0 Å². The molecule has 2 aromatic rings. The number of hydrogen-bond donors (Lipinski definition) is 2. The number of ether oxygens (including phenoxy) is 2. The minimum Gasteiger partial charge on any atom is -0.493 e. The Morgan fingerprint density at radius 3 is 2.56 bits per heavy atom. The summed E-state index contributed by atoms with van der Waals surface area (Å²) < 4.78 is 10.9. The first-order valence-corrected chi connectivity index (χ1v) is 8.42. The van der Waals surface area contributed by atoms with Gasteiger partial charge in [0.15, 0.2) is 0 Å². The van der Waals surface area contributed by atoms with Crippen LogP contribution in [0, 0.1) is 6.92 Å². The monoisotopic (exact) mass is 342 g/mol. The molecule has 0 unspecified atom stereocenters. The van der Waals surface area contributed by atoms with Crippen LogP contribution in [0.2, 0.25) is 0 Å². The molecule has 0 heterocycles. The highest BCUT2D eigenvalue weighted by molar-refractivity contribution is 5.94. The van der Waals surface area contributed by atoms with Gasteiger partial charge in [0.2, 0.25) is 0 Å². The molecule has 25 heavy (non-hydrogen) atoms. The topological polar surface area (TPSA) is 73.6 Å². The molecule has 2 aromatic carbocycles. The molecule has 5 heteroatoms. The number of carbonyl (C=O) groups is 1. The Hall–Kier alpha value is -2.37. The third-order valence-corrected chi connectivity index (χ3v) is 3.86. The van der Waals surface area contributed by atoms with Gasteiger partial charge < -0.3 is 20.5 Å². The summed E-state index contributed by atoms with van der Waals surface area (Å²) in [5.41, 5.74) is 9.27. The lowest BCUT2D eigenvalue weighted by atomic mass is 10.1. The van der Waals surface area contributed by atoms with Crippen molar-refractivity contribution in [3.8, 4) is 5.75 Å². The second-order valence-electron chi connectivity index (χ2n) is 5.89. The van der Waals surface area contributed by atoms with Crippen molar-refractivity contribution in [2.45, 2.75) is 26.4 Å². The van der Waals surface area contributed by atoms with Crippen LogP contribution in [0.25, 0.3) is 0 Å². The first-order chi connectivity index (χ1) is 12.1. The number of carbonyl (C=O) groups excluding carboxylic acids is 1. The second-order valence-corrected chi connectivity index (χ2v) is 5.89. The van der Waals surface area contributed by atoms with Crippen molar-refractivity contribution < 1.29 is 14.3 Å². The number of hydrogen-bond acceptors (Lipinski definition) is 4. The Labute approximate surface area is 149 Å². The van der Waals surface area contributed by atoms with E-state index in [1.54, 1.807) is 19.2 Å². The van der Waals surface area contributed by atoms with Gasteiger partial charge in [0.05, 0.1) is 6.61 Å². The third kappa shape index (κ3) is 5.89. The van der Waals surface area contributed by atoms with E-state index in [1.165, 1.54) is 0 Å². The molecule has 0 aliphatic rings. The number of rotatable bonds is 9. The highest BCUT2D eigenvalue weighted by Gasteiger charge is 2.09. The van der Waals surface area contributed by atoms with E-state index in [4.69, 9.17) is 15.2 Å². The molecule has 0 saturated carbocycles. The summed E-state index contributed by atoms with van der Waals surface area (Å²) in [5, 5.41) is 2.94. The number of methoxy groups -OCH3 is 1. The van der Waals surface area contributed by atoms with Crippen LogP contribution in [0.5, 0.6) is 5.75 Å². The van der Waals surface area contributed by atoms with Gasteiger partial charge >= 0.3 is 0 Å². The van der Waals surface area contributed by atoms with Crippen molar-refractivity contribution in [2.75, 3.05) is 20.3 Å². The smallest absolute Gasteiger partial charge is 0.251 e. The molecule has 0 fully saturated rings. The molecule has 1 amide bonds. The lowest BCUT2D eigenvalue weighted by molar-refractivity contribution is 0.0950. The van der Waals surface area contributed by atoms with Crippen LogP contribution in [-0.2, 0) is 17.8 Å². The summed E-state index contributed by atoms with van der Waals surface area (Å²) in [6, 6.07) is 13.3. The maximum absolute atomic E-state index is 12.3. The van der Waals surface area contributed by atoms with E-state index in [-0.39, 0.29) is 5.91 Å². The van der Waals surface area contributed by atoms with Crippen molar-refractivity contribution >= 4 is 5.91 Å². The van der Waals surface area contributed by atoms with E-state index >= 15 is 0 Å². The van der Waals surface area contributed by atoms with Crippen molar-refractivity contribution in [2.24, 2.45) is 5.73 Å². The Balaban J connectivity index is 1.97. The number of amides is 1. The van der Waals surface area contributed by atoms with Crippen molar-refractivity contribution in [1.29, 1.82) is 0 Å². The molecule has 0 aliphatic heterocycles. The molecular weight excluding hydrogens is 316 g/mol. The van der Waals surface area contributed by atoms with Crippen LogP contribution >= 0.6 is 0 Å². The fourth-order valence-corrected chi connectivity index (χ4v) is 2.40. The number of aryl methyl sites for hydroxylation is 1. The Morgan fingerprint density at radius 1 is 1.12 bits per heavy atom. The minimum absolute atomic E-state index is 0.116. The first kappa shape index (κ1) is 19.0. The predicted molar refractivity (Wildman–Crippen MR) is 98.7 cm³/mol. The molecule has 0 aromatic heterocycles. The summed E-state index contributed by atoms with van der Waals surface area (Å²) in [6.07, 6.45) is 0.823. The van der Waals surface area contributed by atoms with Crippen LogP contribution in [0.1, 0.15) is 33.5 Å². The van der Waals surface area contributed by atoms with Crippen LogP contribution in [0.15, 0.2) is 42.5 Å². The van der Waals surface area contributed by atoms with Gasteiger partial charge in [0.25, 0.3) is 5.91 Å². The van der Waals surface area contributed by atoms with Gasteiger partial charge in [0, 0.05) is 44.4 Å². The summed E-state index contributed by atoms with van der Waals surface area (Å²) in [4.78, 5) is 12.3. The van der Waals surface area contributed by atoms with Crippen LogP contribution < -0.4 is 15.8 Å². The average Bonchev–Trinajstić information content (AvgIpc) is 2.64. The first-order valence-electron chi connectivity index (χ1n) is 8.42. The van der Waals surface area contributed by atoms with Gasteiger partial charge in [-0.15, -0.1) is 0 Å². The van der Waals surface area contributed by atoms with E-state index in [0.717, 1.165) is 28.9 Å². The normalized spacial score (nSPS) is 10.5. The van der Waals surface area contributed by atoms with Gasteiger partial charge in [0.1, 0.15) is 5.75 Å². The highest BCUT2D eigenvalue weighted by atomic mass is 16.5. The number of nitrogens with one attached hydrogen (secondary N) is 1. The van der Waals surface area contributed by atoms with Crippen LogP contribution in [-0.4, -0.2) is 26.2 Å². The van der Waals surface area contributed by atoms with Crippen molar-refractivity contribution in [3.63, 3.8) is 0 Å². The average molecular weight is 342 g/mol. The summed E-state index contributed by atoms with van der Waals surface area (Å²) >= 11 is 0. The van der Waals surface area contributed by atoms with Gasteiger partial charge in [-0.05, 0) is 36.2 Å². The zero-order chi connectivity index (χ0) is 18.1. The summed E-state index contributed by atoms with van der Waals surface area (Å²) in [6.45, 7) is 4.14. The fourth-order valence-electron chi connectivity index (χ4n) is 2.40. The second kappa shape index (κ2) is 9.81. The Morgan fingerprint density at radius 2 is 1.88 bits per heavy atom. The lowest BCUT2D eigenvalue weighted by Gasteiger charge is -2.13. The van der Waals surface area contributed by atoms with E-state index in [0.29, 0.717) is 31.9 Å². The summed E-state index contributed by atoms with van der Waals surface area (Å²) in [7, 11) is 1.67. The standard InChI is InChI=1S/C20H26N2O3/c1-15-4-7-18(19(12-15)25-11-3-10-24-2)14-22-20(23)17-8-5-16(13-21)6-9-17/h4-9,12H,3,10-11,13-14,21H2,1-2H3,(H,22,23). The van der Waals surface area contributed by atoms with E-state index < -0.39 is 0 Å². The van der Waals surface area contributed by atoms with Crippen molar-refractivity contribution in [3.05, 3.63) is 64.7 Å². The van der Waals surface area contributed by atoms with Gasteiger partial charge in [-0.25, -0.2) is 0 Å². The molecule has 0 bridgehead atoms. The van der Waals surface area contributed by atoms with Crippen LogP contribution in [0.4, 0.5) is 0 Å². The van der Waals surface area contributed by atoms with E-state index in [9.17, 15) is 4.79 Å². The maximum Gasteiger partial charge on any atom is 0.251 e. The quantitative estimate of drug-likeness (QED) is 0.687. The lowest BCUT2D eigenvalue weighted by Crippen LogP contribution is -2.23. The molecule has 0 atom stereocenters. The SMILES string of the molecule is COCCCOc1cc(C)ccc1CNC(=O)c1ccc(CN)cc1. The molecule has 0 radical (unpaired) electrons. The van der Waals surface area contributed by atoms with Crippen molar-refractivity contribution in [1.82, 2.24) is 5.32 Å². The molecule has 0 spiro atoms. The molecule has 2 rings (SSSR count). The molecule has 5 nitrogen and oxygen atoms in total. The molecule has 0 saturated heterocycles. The van der Waals surface area contributed by atoms with E-state index in [1.807, 2.05) is 37.3 Å². The van der Waals surface area contributed by atoms with Gasteiger partial charge in [-0.1, -0.05) is 24.3 Å². The zero-order valence-electron chi connectivity index (χ0n) is 14.9. The summed E-state index contributed by atoms with van der Waals surface area (Å²) in [5.74, 6) is 0.685. The zero-order valence-corrected chi connectivity index (χ0v) is 14.9. The fraction of sp³-hybridized carbons (Fsp3) is 0.350. The molecular formula is C20H26N2O3. The Bertz CT molecular complexity index is 684. The van der Waals surface area contributed by atoms with E-state index in [2.05, 4.69) is 5.32 Å². The number of nitrogens with two attached hydrogens (primary N) is 1. The van der Waals surface area contributed by atoms with Crippen LogP contribution in [0.3, 0.4) is 0 Å². The Kier molecular flexibility index (Phi) is 7.44. The molecule has 134 valence electrons. The largest absolute Gasteiger partial charge is 0.493 e. The maximum atomic E-state index is 12.3.